The van der Waals surface area contributed by atoms with Gasteiger partial charge in [-0.2, -0.15) is 12.7 Å². The van der Waals surface area contributed by atoms with Crippen LogP contribution in [0.4, 0.5) is 14.5 Å². The van der Waals surface area contributed by atoms with Crippen molar-refractivity contribution in [1.82, 2.24) is 4.31 Å². The Morgan fingerprint density at radius 1 is 1.29 bits per heavy atom. The summed E-state index contributed by atoms with van der Waals surface area (Å²) >= 11 is 2.82. The summed E-state index contributed by atoms with van der Waals surface area (Å²) in [6.45, 7) is 0.496. The number of hydrogen-bond acceptors (Lipinski definition) is 3. The first-order valence-electron chi connectivity index (χ1n) is 6.37. The summed E-state index contributed by atoms with van der Waals surface area (Å²) in [5.41, 5.74) is -0.431. The third kappa shape index (κ3) is 3.91. The van der Waals surface area contributed by atoms with Crippen LogP contribution in [0, 0.1) is 17.6 Å². The first kappa shape index (κ1) is 16.6. The summed E-state index contributed by atoms with van der Waals surface area (Å²) in [7, 11) is -3.94. The van der Waals surface area contributed by atoms with Gasteiger partial charge < -0.3 is 5.11 Å². The van der Waals surface area contributed by atoms with E-state index in [9.17, 15) is 17.2 Å². The fourth-order valence-corrected chi connectivity index (χ4v) is 3.71. The van der Waals surface area contributed by atoms with Crippen molar-refractivity contribution < 1.29 is 22.3 Å². The molecule has 0 aliphatic carbocycles. The van der Waals surface area contributed by atoms with Gasteiger partial charge in [0.2, 0.25) is 0 Å². The van der Waals surface area contributed by atoms with Crippen molar-refractivity contribution in [3.8, 4) is 0 Å². The number of hydrogen-bond donors (Lipinski definition) is 2. The second kappa shape index (κ2) is 6.55. The highest BCUT2D eigenvalue weighted by molar-refractivity contribution is 9.10. The van der Waals surface area contributed by atoms with Gasteiger partial charge in [-0.05, 0) is 40.8 Å². The van der Waals surface area contributed by atoms with Gasteiger partial charge in [0, 0.05) is 25.8 Å². The summed E-state index contributed by atoms with van der Waals surface area (Å²) in [4.78, 5) is 0. The Kier molecular flexibility index (Phi) is 5.18. The zero-order valence-corrected chi connectivity index (χ0v) is 13.4. The fourth-order valence-electron chi connectivity index (χ4n) is 2.14. The molecule has 0 spiro atoms. The molecule has 1 aliphatic rings. The number of nitrogens with zero attached hydrogens (tertiary/aromatic N) is 1. The molecule has 0 atom stereocenters. The van der Waals surface area contributed by atoms with E-state index in [0.29, 0.717) is 12.8 Å². The number of piperidine rings is 1. The van der Waals surface area contributed by atoms with Crippen LogP contribution in [0.3, 0.4) is 0 Å². The molecule has 1 aromatic carbocycles. The van der Waals surface area contributed by atoms with Crippen LogP contribution in [0.15, 0.2) is 16.6 Å². The van der Waals surface area contributed by atoms with Crippen LogP contribution < -0.4 is 4.72 Å². The maximum Gasteiger partial charge on any atom is 0.301 e. The van der Waals surface area contributed by atoms with Crippen molar-refractivity contribution in [2.75, 3.05) is 24.4 Å². The summed E-state index contributed by atoms with van der Waals surface area (Å²) in [5, 5.41) is 9.03. The zero-order valence-electron chi connectivity index (χ0n) is 11.0. The first-order chi connectivity index (χ1) is 9.83. The van der Waals surface area contributed by atoms with Crippen LogP contribution in [0.5, 0.6) is 0 Å². The minimum Gasteiger partial charge on any atom is -0.396 e. The lowest BCUT2D eigenvalue weighted by Crippen LogP contribution is -2.42. The molecule has 0 radical (unpaired) electrons. The molecule has 118 valence electrons. The van der Waals surface area contributed by atoms with E-state index in [1.807, 2.05) is 0 Å². The molecule has 2 rings (SSSR count). The highest BCUT2D eigenvalue weighted by Gasteiger charge is 2.28. The van der Waals surface area contributed by atoms with Crippen molar-refractivity contribution in [1.29, 1.82) is 0 Å². The third-order valence-corrected chi connectivity index (χ3v) is 5.55. The van der Waals surface area contributed by atoms with Gasteiger partial charge in [0.05, 0.1) is 10.2 Å². The van der Waals surface area contributed by atoms with E-state index in [4.69, 9.17) is 5.11 Å². The molecular formula is C12H15BrF2N2O3S. The maximum atomic E-state index is 13.7. The van der Waals surface area contributed by atoms with Gasteiger partial charge >= 0.3 is 10.2 Å². The van der Waals surface area contributed by atoms with Crippen molar-refractivity contribution in [3.63, 3.8) is 0 Å². The maximum absolute atomic E-state index is 13.7. The standard InChI is InChI=1S/C12H15BrF2N2O3S/c13-9-5-11(15)12(6-10(9)14)16-21(19,20)17-3-1-8(7-18)2-4-17/h5-6,8,16,18H,1-4,7H2. The number of halogens is 3. The van der Waals surface area contributed by atoms with Gasteiger partial charge in [0.1, 0.15) is 11.6 Å². The van der Waals surface area contributed by atoms with E-state index in [1.165, 1.54) is 4.31 Å². The second-order valence-corrected chi connectivity index (χ2v) is 7.40. The van der Waals surface area contributed by atoms with Gasteiger partial charge in [-0.3, -0.25) is 4.72 Å². The van der Waals surface area contributed by atoms with Crippen molar-refractivity contribution in [3.05, 3.63) is 28.2 Å². The number of aliphatic hydroxyl groups excluding tert-OH is 1. The third-order valence-electron chi connectivity index (χ3n) is 3.42. The normalized spacial score (nSPS) is 17.9. The molecule has 21 heavy (non-hydrogen) atoms. The summed E-state index contributed by atoms with van der Waals surface area (Å²) in [6.07, 6.45) is 1.07. The topological polar surface area (TPSA) is 69.6 Å². The molecule has 0 unspecified atom stereocenters. The summed E-state index contributed by atoms with van der Waals surface area (Å²) in [6, 6.07) is 1.66. The van der Waals surface area contributed by atoms with Crippen LogP contribution in [0.1, 0.15) is 12.8 Å². The van der Waals surface area contributed by atoms with Gasteiger partial charge in [-0.25, -0.2) is 8.78 Å². The first-order valence-corrected chi connectivity index (χ1v) is 8.60. The van der Waals surface area contributed by atoms with Crippen LogP contribution in [0.2, 0.25) is 0 Å². The Morgan fingerprint density at radius 2 is 1.90 bits per heavy atom. The molecule has 5 nitrogen and oxygen atoms in total. The molecule has 9 heteroatoms. The summed E-state index contributed by atoms with van der Waals surface area (Å²) < 4.78 is 54.5. The monoisotopic (exact) mass is 384 g/mol. The quantitative estimate of drug-likeness (QED) is 0.780. The predicted octanol–water partition coefficient (Wildman–Crippen LogP) is 2.09. The Labute approximate surface area is 130 Å². The molecule has 1 aromatic rings. The zero-order chi connectivity index (χ0) is 15.6. The minimum absolute atomic E-state index is 0.0217. The van der Waals surface area contributed by atoms with Crippen LogP contribution in [-0.4, -0.2) is 37.5 Å². The molecule has 0 amide bonds. The highest BCUT2D eigenvalue weighted by Crippen LogP contribution is 2.26. The number of rotatable bonds is 4. The molecule has 0 saturated carbocycles. The van der Waals surface area contributed by atoms with Gasteiger partial charge in [0.15, 0.2) is 0 Å². The molecule has 2 N–H and O–H groups in total. The Morgan fingerprint density at radius 3 is 2.48 bits per heavy atom. The average Bonchev–Trinajstić information content (AvgIpc) is 2.44. The molecule has 1 heterocycles. The van der Waals surface area contributed by atoms with Crippen molar-refractivity contribution >= 4 is 31.8 Å². The Hall–Kier alpha value is -0.770. The number of aliphatic hydroxyl groups is 1. The Bertz CT molecular complexity index is 619. The Balaban J connectivity index is 2.13. The molecule has 0 bridgehead atoms. The van der Waals surface area contributed by atoms with Crippen molar-refractivity contribution in [2.45, 2.75) is 12.8 Å². The molecule has 1 saturated heterocycles. The van der Waals surface area contributed by atoms with Crippen LogP contribution in [0.25, 0.3) is 0 Å². The minimum atomic E-state index is -3.94. The fraction of sp³-hybridized carbons (Fsp3) is 0.500. The SMILES string of the molecule is O=S(=O)(Nc1cc(F)c(Br)cc1F)N1CCC(CO)CC1. The van der Waals surface area contributed by atoms with Crippen LogP contribution in [-0.2, 0) is 10.2 Å². The average molecular weight is 385 g/mol. The number of benzene rings is 1. The smallest absolute Gasteiger partial charge is 0.301 e. The van der Waals surface area contributed by atoms with Gasteiger partial charge in [-0.1, -0.05) is 0 Å². The second-order valence-electron chi connectivity index (χ2n) is 4.88. The van der Waals surface area contributed by atoms with Crippen LogP contribution >= 0.6 is 15.9 Å². The molecule has 0 aromatic heterocycles. The van der Waals surface area contributed by atoms with Gasteiger partial charge in [-0.15, -0.1) is 0 Å². The van der Waals surface area contributed by atoms with E-state index in [-0.39, 0.29) is 30.1 Å². The largest absolute Gasteiger partial charge is 0.396 e. The van der Waals surface area contributed by atoms with Gasteiger partial charge in [0.25, 0.3) is 0 Å². The van der Waals surface area contributed by atoms with E-state index in [2.05, 4.69) is 20.7 Å². The molecule has 1 fully saturated rings. The van der Waals surface area contributed by atoms with Crippen molar-refractivity contribution in [2.24, 2.45) is 5.92 Å². The molecular weight excluding hydrogens is 370 g/mol. The predicted molar refractivity (Wildman–Crippen MR) is 78.0 cm³/mol. The lowest BCUT2D eigenvalue weighted by Gasteiger charge is -2.30. The number of anilines is 1. The molecule has 1 aliphatic heterocycles. The van der Waals surface area contributed by atoms with E-state index >= 15 is 0 Å². The van der Waals surface area contributed by atoms with E-state index in [0.717, 1.165) is 12.1 Å². The lowest BCUT2D eigenvalue weighted by molar-refractivity contribution is 0.170. The lowest BCUT2D eigenvalue weighted by atomic mass is 10.00. The van der Waals surface area contributed by atoms with E-state index < -0.39 is 27.5 Å². The van der Waals surface area contributed by atoms with E-state index in [1.54, 1.807) is 0 Å². The summed E-state index contributed by atoms with van der Waals surface area (Å²) in [5.74, 6) is -1.54. The number of nitrogens with one attached hydrogen (secondary N) is 1. The highest BCUT2D eigenvalue weighted by atomic mass is 79.9.